The summed E-state index contributed by atoms with van der Waals surface area (Å²) < 4.78 is 5.25. The number of amides is 1. The number of hydrogen-bond donors (Lipinski definition) is 1. The lowest BCUT2D eigenvalue weighted by Crippen LogP contribution is -2.35. The van der Waals surface area contributed by atoms with E-state index in [1.165, 1.54) is 32.1 Å². The first-order chi connectivity index (χ1) is 12.2. The Labute approximate surface area is 153 Å². The molecule has 1 fully saturated rings. The Bertz CT molecular complexity index is 676. The fraction of sp³-hybridized carbons (Fsp3) is 0.526. The van der Waals surface area contributed by atoms with Crippen LogP contribution in [0.4, 0.5) is 0 Å². The van der Waals surface area contributed by atoms with Crippen LogP contribution in [0.3, 0.4) is 0 Å². The van der Waals surface area contributed by atoms with Gasteiger partial charge in [-0.1, -0.05) is 48.9 Å². The average molecular weight is 362 g/mol. The van der Waals surface area contributed by atoms with Crippen molar-refractivity contribution in [2.45, 2.75) is 63.8 Å². The van der Waals surface area contributed by atoms with E-state index in [-0.39, 0.29) is 5.91 Å². The van der Waals surface area contributed by atoms with Crippen molar-refractivity contribution in [3.8, 4) is 11.4 Å². The summed E-state index contributed by atoms with van der Waals surface area (Å²) >= 11 is 5.88. The summed E-state index contributed by atoms with van der Waals surface area (Å²) in [4.78, 5) is 16.5. The molecule has 1 amide bonds. The van der Waals surface area contributed by atoms with E-state index >= 15 is 0 Å². The topological polar surface area (TPSA) is 68.0 Å². The van der Waals surface area contributed by atoms with E-state index in [1.807, 2.05) is 12.1 Å². The van der Waals surface area contributed by atoms with Crippen molar-refractivity contribution in [1.29, 1.82) is 0 Å². The van der Waals surface area contributed by atoms with Crippen molar-refractivity contribution >= 4 is 17.5 Å². The second-order valence-corrected chi connectivity index (χ2v) is 7.06. The van der Waals surface area contributed by atoms with Gasteiger partial charge in [0.1, 0.15) is 0 Å². The molecule has 25 heavy (non-hydrogen) atoms. The summed E-state index contributed by atoms with van der Waals surface area (Å²) in [5.41, 5.74) is 0.846. The molecule has 0 unspecified atom stereocenters. The molecule has 5 nitrogen and oxygen atoms in total. The Hall–Kier alpha value is -1.88. The lowest BCUT2D eigenvalue weighted by atomic mass is 9.96. The van der Waals surface area contributed by atoms with E-state index in [4.69, 9.17) is 16.1 Å². The Morgan fingerprint density at radius 3 is 2.52 bits per heavy atom. The maximum absolute atomic E-state index is 12.2. The van der Waals surface area contributed by atoms with Crippen molar-refractivity contribution in [3.63, 3.8) is 0 Å². The fourth-order valence-corrected chi connectivity index (χ4v) is 3.32. The lowest BCUT2D eigenvalue weighted by Gasteiger charge is -2.20. The highest BCUT2D eigenvalue weighted by Crippen LogP contribution is 2.19. The number of nitrogens with zero attached hydrogens (tertiary/aromatic N) is 2. The lowest BCUT2D eigenvalue weighted by molar-refractivity contribution is -0.122. The van der Waals surface area contributed by atoms with Crippen molar-refractivity contribution in [1.82, 2.24) is 15.5 Å². The molecule has 1 aliphatic rings. The first-order valence-corrected chi connectivity index (χ1v) is 9.46. The van der Waals surface area contributed by atoms with Crippen LogP contribution in [0.15, 0.2) is 28.8 Å². The highest BCUT2D eigenvalue weighted by atomic mass is 35.5. The Balaban J connectivity index is 1.48. The van der Waals surface area contributed by atoms with Gasteiger partial charge in [0.25, 0.3) is 0 Å². The normalized spacial score (nSPS) is 16.2. The van der Waals surface area contributed by atoms with Crippen molar-refractivity contribution in [3.05, 3.63) is 35.2 Å². The molecule has 0 bridgehead atoms. The van der Waals surface area contributed by atoms with Gasteiger partial charge in [0, 0.05) is 29.5 Å². The van der Waals surface area contributed by atoms with E-state index in [0.717, 1.165) is 18.4 Å². The number of benzene rings is 1. The highest BCUT2D eigenvalue weighted by Gasteiger charge is 2.15. The summed E-state index contributed by atoms with van der Waals surface area (Å²) in [6.07, 6.45) is 9.31. The summed E-state index contributed by atoms with van der Waals surface area (Å²) in [7, 11) is 0. The van der Waals surface area contributed by atoms with Gasteiger partial charge in [-0.25, -0.2) is 0 Å². The predicted octanol–water partition coefficient (Wildman–Crippen LogP) is 4.55. The zero-order valence-corrected chi connectivity index (χ0v) is 15.1. The Morgan fingerprint density at radius 2 is 1.80 bits per heavy atom. The molecule has 1 saturated carbocycles. The van der Waals surface area contributed by atoms with Crippen LogP contribution in [0.25, 0.3) is 11.4 Å². The minimum Gasteiger partial charge on any atom is -0.353 e. The van der Waals surface area contributed by atoms with E-state index in [1.54, 1.807) is 12.1 Å². The summed E-state index contributed by atoms with van der Waals surface area (Å²) in [6, 6.07) is 7.58. The quantitative estimate of drug-likeness (QED) is 0.848. The zero-order valence-electron chi connectivity index (χ0n) is 14.3. The van der Waals surface area contributed by atoms with Crippen LogP contribution in [0.2, 0.25) is 5.02 Å². The second-order valence-electron chi connectivity index (χ2n) is 6.63. The standard InChI is InChI=1S/C19H24ClN3O2/c20-15-10-8-14(9-11-15)19-22-18(25-23-19)13-12-17(24)21-16-6-4-2-1-3-5-7-16/h8-11,16H,1-7,12-13H2,(H,21,24). The average Bonchev–Trinajstić information content (AvgIpc) is 3.05. The van der Waals surface area contributed by atoms with Crippen LogP contribution >= 0.6 is 11.6 Å². The third kappa shape index (κ3) is 5.56. The maximum atomic E-state index is 12.2. The molecule has 3 rings (SSSR count). The number of carbonyl (C=O) groups is 1. The first kappa shape index (κ1) is 17.9. The number of nitrogens with one attached hydrogen (secondary N) is 1. The van der Waals surface area contributed by atoms with Gasteiger partial charge in [0.15, 0.2) is 0 Å². The van der Waals surface area contributed by atoms with Crippen molar-refractivity contribution < 1.29 is 9.32 Å². The molecule has 134 valence electrons. The third-order valence-corrected chi connectivity index (χ3v) is 4.86. The molecular weight excluding hydrogens is 338 g/mol. The smallest absolute Gasteiger partial charge is 0.227 e. The zero-order chi connectivity index (χ0) is 17.5. The van der Waals surface area contributed by atoms with Gasteiger partial charge in [0.05, 0.1) is 0 Å². The molecular formula is C19H24ClN3O2. The second kappa shape index (κ2) is 8.99. The van der Waals surface area contributed by atoms with Crippen LogP contribution in [0, 0.1) is 0 Å². The number of rotatable bonds is 5. The minimum absolute atomic E-state index is 0.0665. The molecule has 1 aromatic heterocycles. The summed E-state index contributed by atoms with van der Waals surface area (Å²) in [6.45, 7) is 0. The van der Waals surface area contributed by atoms with Crippen molar-refractivity contribution in [2.75, 3.05) is 0 Å². The number of halogens is 1. The molecule has 1 aromatic carbocycles. The Morgan fingerprint density at radius 1 is 1.12 bits per heavy atom. The summed E-state index contributed by atoms with van der Waals surface area (Å²) in [5.74, 6) is 1.07. The number of aryl methyl sites for hydroxylation is 1. The number of aromatic nitrogens is 2. The van der Waals surface area contributed by atoms with E-state index in [0.29, 0.717) is 35.6 Å². The van der Waals surface area contributed by atoms with Gasteiger partial charge in [-0.3, -0.25) is 4.79 Å². The van der Waals surface area contributed by atoms with Crippen LogP contribution in [-0.4, -0.2) is 22.1 Å². The molecule has 1 heterocycles. The molecule has 0 radical (unpaired) electrons. The van der Waals surface area contributed by atoms with Gasteiger partial charge in [-0.2, -0.15) is 4.98 Å². The van der Waals surface area contributed by atoms with Crippen molar-refractivity contribution in [2.24, 2.45) is 0 Å². The van der Waals surface area contributed by atoms with Gasteiger partial charge in [-0.15, -0.1) is 0 Å². The maximum Gasteiger partial charge on any atom is 0.227 e. The van der Waals surface area contributed by atoms with Crippen LogP contribution in [-0.2, 0) is 11.2 Å². The van der Waals surface area contributed by atoms with Crippen LogP contribution < -0.4 is 5.32 Å². The molecule has 0 spiro atoms. The monoisotopic (exact) mass is 361 g/mol. The Kier molecular flexibility index (Phi) is 6.45. The number of hydrogen-bond acceptors (Lipinski definition) is 4. The van der Waals surface area contributed by atoms with Gasteiger partial charge >= 0.3 is 0 Å². The highest BCUT2D eigenvalue weighted by molar-refractivity contribution is 6.30. The molecule has 0 saturated heterocycles. The molecule has 2 aromatic rings. The molecule has 1 N–H and O–H groups in total. The first-order valence-electron chi connectivity index (χ1n) is 9.08. The molecule has 1 aliphatic carbocycles. The van der Waals surface area contributed by atoms with E-state index in [9.17, 15) is 4.79 Å². The van der Waals surface area contributed by atoms with Gasteiger partial charge < -0.3 is 9.84 Å². The predicted molar refractivity (Wildman–Crippen MR) is 97.3 cm³/mol. The minimum atomic E-state index is 0.0665. The van der Waals surface area contributed by atoms with Gasteiger partial charge in [0.2, 0.25) is 17.6 Å². The SMILES string of the molecule is O=C(CCc1nc(-c2ccc(Cl)cc2)no1)NC1CCCCCCC1. The largest absolute Gasteiger partial charge is 0.353 e. The molecule has 0 atom stereocenters. The number of carbonyl (C=O) groups excluding carboxylic acids is 1. The molecule has 6 heteroatoms. The van der Waals surface area contributed by atoms with Crippen LogP contribution in [0.5, 0.6) is 0 Å². The fourth-order valence-electron chi connectivity index (χ4n) is 3.19. The molecule has 0 aliphatic heterocycles. The van der Waals surface area contributed by atoms with E-state index < -0.39 is 0 Å². The van der Waals surface area contributed by atoms with Gasteiger partial charge in [-0.05, 0) is 37.1 Å². The third-order valence-electron chi connectivity index (χ3n) is 4.61. The van der Waals surface area contributed by atoms with E-state index in [2.05, 4.69) is 15.5 Å². The van der Waals surface area contributed by atoms with Crippen LogP contribution in [0.1, 0.15) is 57.3 Å². The summed E-state index contributed by atoms with van der Waals surface area (Å²) in [5, 5.41) is 7.79.